The fourth-order valence-electron chi connectivity index (χ4n) is 1.03. The van der Waals surface area contributed by atoms with E-state index < -0.39 is 0 Å². The van der Waals surface area contributed by atoms with E-state index >= 15 is 0 Å². The summed E-state index contributed by atoms with van der Waals surface area (Å²) in [7, 11) is 0. The number of hydrogen-bond donors (Lipinski definition) is 0. The van der Waals surface area contributed by atoms with Gasteiger partial charge in [-0.3, -0.25) is 0 Å². The van der Waals surface area contributed by atoms with Gasteiger partial charge in [0, 0.05) is 10.9 Å². The SMILES string of the molecule is ClCc1ncoc1-c1csc(I)c1. The van der Waals surface area contributed by atoms with Gasteiger partial charge in [-0.25, -0.2) is 4.98 Å². The minimum Gasteiger partial charge on any atom is -0.443 e. The van der Waals surface area contributed by atoms with Gasteiger partial charge < -0.3 is 4.42 Å². The maximum Gasteiger partial charge on any atom is 0.181 e. The van der Waals surface area contributed by atoms with Crippen molar-refractivity contribution in [2.75, 3.05) is 0 Å². The summed E-state index contributed by atoms with van der Waals surface area (Å²) in [6, 6.07) is 2.06. The van der Waals surface area contributed by atoms with Gasteiger partial charge >= 0.3 is 0 Å². The van der Waals surface area contributed by atoms with Crippen LogP contribution < -0.4 is 0 Å². The average molecular weight is 326 g/mol. The third-order valence-corrected chi connectivity index (χ3v) is 3.64. The van der Waals surface area contributed by atoms with Crippen molar-refractivity contribution in [3.8, 4) is 11.3 Å². The molecular formula is C8H5ClINOS. The van der Waals surface area contributed by atoms with Crippen LogP contribution in [0.15, 0.2) is 22.3 Å². The molecular weight excluding hydrogens is 321 g/mol. The second kappa shape index (κ2) is 3.98. The molecule has 0 radical (unpaired) electrons. The second-order valence-electron chi connectivity index (χ2n) is 2.40. The average Bonchev–Trinajstić information content (AvgIpc) is 2.71. The Morgan fingerprint density at radius 3 is 3.08 bits per heavy atom. The lowest BCUT2D eigenvalue weighted by molar-refractivity contribution is 0.571. The highest BCUT2D eigenvalue weighted by Gasteiger charge is 2.10. The Kier molecular flexibility index (Phi) is 2.90. The zero-order valence-electron chi connectivity index (χ0n) is 6.46. The molecule has 2 heterocycles. The van der Waals surface area contributed by atoms with E-state index in [1.165, 1.54) is 9.28 Å². The van der Waals surface area contributed by atoms with Crippen LogP contribution in [0.2, 0.25) is 0 Å². The number of alkyl halides is 1. The highest BCUT2D eigenvalue weighted by atomic mass is 127. The van der Waals surface area contributed by atoms with Crippen LogP contribution in [0.3, 0.4) is 0 Å². The predicted molar refractivity (Wildman–Crippen MR) is 62.1 cm³/mol. The van der Waals surface area contributed by atoms with E-state index in [-0.39, 0.29) is 0 Å². The Bertz CT molecular complexity index is 412. The van der Waals surface area contributed by atoms with Gasteiger partial charge in [-0.1, -0.05) is 0 Å². The third kappa shape index (κ3) is 1.89. The molecule has 0 unspecified atom stereocenters. The molecule has 68 valence electrons. The first-order valence-electron chi connectivity index (χ1n) is 3.54. The molecule has 0 amide bonds. The van der Waals surface area contributed by atoms with Crippen LogP contribution in [0.4, 0.5) is 0 Å². The number of oxazole rings is 1. The molecule has 0 saturated carbocycles. The monoisotopic (exact) mass is 325 g/mol. The first kappa shape index (κ1) is 9.48. The van der Waals surface area contributed by atoms with Crippen LogP contribution in [0.5, 0.6) is 0 Å². The summed E-state index contributed by atoms with van der Waals surface area (Å²) in [4.78, 5) is 4.02. The first-order valence-corrected chi connectivity index (χ1v) is 6.03. The molecule has 0 atom stereocenters. The second-order valence-corrected chi connectivity index (χ2v) is 5.47. The molecule has 2 aromatic heterocycles. The molecule has 0 aliphatic rings. The predicted octanol–water partition coefficient (Wildman–Crippen LogP) is 3.75. The quantitative estimate of drug-likeness (QED) is 0.621. The summed E-state index contributed by atoms with van der Waals surface area (Å²) in [5.74, 6) is 1.17. The fourth-order valence-corrected chi connectivity index (χ4v) is 2.55. The number of nitrogens with zero attached hydrogens (tertiary/aromatic N) is 1. The van der Waals surface area contributed by atoms with Gasteiger partial charge in [0.25, 0.3) is 0 Å². The van der Waals surface area contributed by atoms with Crippen LogP contribution >= 0.6 is 45.5 Å². The molecule has 5 heteroatoms. The summed E-state index contributed by atoms with van der Waals surface area (Å²) in [5, 5.41) is 2.04. The molecule has 0 aliphatic carbocycles. The van der Waals surface area contributed by atoms with Gasteiger partial charge in [-0.2, -0.15) is 0 Å². The van der Waals surface area contributed by atoms with E-state index in [4.69, 9.17) is 16.0 Å². The zero-order valence-corrected chi connectivity index (χ0v) is 10.2. The van der Waals surface area contributed by atoms with E-state index in [0.717, 1.165) is 17.0 Å². The molecule has 2 aromatic rings. The van der Waals surface area contributed by atoms with Crippen molar-refractivity contribution in [1.29, 1.82) is 0 Å². The van der Waals surface area contributed by atoms with Crippen molar-refractivity contribution in [2.45, 2.75) is 5.88 Å². The molecule has 0 fully saturated rings. The largest absolute Gasteiger partial charge is 0.443 e. The van der Waals surface area contributed by atoms with Crippen molar-refractivity contribution in [3.63, 3.8) is 0 Å². The van der Waals surface area contributed by atoms with Crippen molar-refractivity contribution >= 4 is 45.5 Å². The molecule has 0 saturated heterocycles. The lowest BCUT2D eigenvalue weighted by Gasteiger charge is -1.91. The van der Waals surface area contributed by atoms with Gasteiger partial charge in [0.05, 0.1) is 8.76 Å². The summed E-state index contributed by atoms with van der Waals surface area (Å²) in [5.41, 5.74) is 1.86. The van der Waals surface area contributed by atoms with Gasteiger partial charge in [0.15, 0.2) is 12.2 Å². The standard InChI is InChI=1S/C8H5ClINOS/c9-2-6-8(12-4-11-6)5-1-7(10)13-3-5/h1,3-4H,2H2. The molecule has 2 nitrogen and oxygen atoms in total. The lowest BCUT2D eigenvalue weighted by atomic mass is 10.2. The first-order chi connectivity index (χ1) is 6.31. The lowest BCUT2D eigenvalue weighted by Crippen LogP contribution is -1.79. The summed E-state index contributed by atoms with van der Waals surface area (Å²) < 4.78 is 6.49. The van der Waals surface area contributed by atoms with Crippen LogP contribution in [0, 0.1) is 2.88 Å². The van der Waals surface area contributed by atoms with Crippen LogP contribution in [-0.2, 0) is 5.88 Å². The smallest absolute Gasteiger partial charge is 0.181 e. The van der Waals surface area contributed by atoms with E-state index in [0.29, 0.717) is 5.88 Å². The maximum atomic E-state index is 5.71. The molecule has 0 spiro atoms. The molecule has 13 heavy (non-hydrogen) atoms. The summed E-state index contributed by atoms with van der Waals surface area (Å²) in [6.07, 6.45) is 1.43. The highest BCUT2D eigenvalue weighted by molar-refractivity contribution is 14.1. The van der Waals surface area contributed by atoms with Crippen LogP contribution in [0.25, 0.3) is 11.3 Å². The molecule has 0 N–H and O–H groups in total. The molecule has 0 aliphatic heterocycles. The van der Waals surface area contributed by atoms with E-state index in [9.17, 15) is 0 Å². The Morgan fingerprint density at radius 1 is 1.62 bits per heavy atom. The van der Waals surface area contributed by atoms with Crippen molar-refractivity contribution in [2.24, 2.45) is 0 Å². The minimum absolute atomic E-state index is 0.387. The minimum atomic E-state index is 0.387. The van der Waals surface area contributed by atoms with Crippen molar-refractivity contribution in [1.82, 2.24) is 4.98 Å². The fraction of sp³-hybridized carbons (Fsp3) is 0.125. The van der Waals surface area contributed by atoms with E-state index in [1.807, 2.05) is 5.38 Å². The topological polar surface area (TPSA) is 26.0 Å². The number of rotatable bonds is 2. The zero-order chi connectivity index (χ0) is 9.26. The highest BCUT2D eigenvalue weighted by Crippen LogP contribution is 2.29. The Hall–Kier alpha value is -0.0700. The van der Waals surface area contributed by atoms with Crippen LogP contribution in [0.1, 0.15) is 5.69 Å². The Balaban J connectivity index is 2.45. The van der Waals surface area contributed by atoms with Crippen molar-refractivity contribution in [3.05, 3.63) is 26.4 Å². The van der Waals surface area contributed by atoms with Gasteiger partial charge in [-0.05, 0) is 28.7 Å². The Labute approximate surface area is 98.1 Å². The van der Waals surface area contributed by atoms with E-state index in [1.54, 1.807) is 11.3 Å². The summed E-state index contributed by atoms with van der Waals surface area (Å²) >= 11 is 9.66. The number of thiophene rings is 1. The van der Waals surface area contributed by atoms with Gasteiger partial charge in [-0.15, -0.1) is 22.9 Å². The third-order valence-electron chi connectivity index (χ3n) is 1.60. The van der Waals surface area contributed by atoms with Gasteiger partial charge in [0.1, 0.15) is 5.69 Å². The number of aromatic nitrogens is 1. The maximum absolute atomic E-state index is 5.71. The molecule has 0 aromatic carbocycles. The molecule has 0 bridgehead atoms. The molecule has 2 rings (SSSR count). The summed E-state index contributed by atoms with van der Waals surface area (Å²) in [6.45, 7) is 0. The van der Waals surface area contributed by atoms with Crippen molar-refractivity contribution < 1.29 is 4.42 Å². The van der Waals surface area contributed by atoms with Crippen LogP contribution in [-0.4, -0.2) is 4.98 Å². The number of halogens is 2. The Morgan fingerprint density at radius 2 is 2.46 bits per heavy atom. The number of hydrogen-bond acceptors (Lipinski definition) is 3. The normalized spacial score (nSPS) is 10.6. The van der Waals surface area contributed by atoms with Gasteiger partial charge in [0.2, 0.25) is 0 Å². The van der Waals surface area contributed by atoms with E-state index in [2.05, 4.69) is 33.6 Å².